The van der Waals surface area contributed by atoms with Crippen LogP contribution in [0.4, 0.5) is 10.5 Å². The summed E-state index contributed by atoms with van der Waals surface area (Å²) in [5, 5.41) is 9.96. The number of imide groups is 1. The second-order valence-electron chi connectivity index (χ2n) is 7.85. The number of likely N-dealkylation sites (tertiary alicyclic amines) is 1. The largest absolute Gasteiger partial charge is 0.521 e. The number of para-hydroxylation sites is 1. The highest BCUT2D eigenvalue weighted by Gasteiger charge is 2.58. The number of rotatable bonds is 4. The number of nitrogens with zero attached hydrogens (tertiary/aromatic N) is 3. The fraction of sp³-hybridized carbons (Fsp3) is 0.600. The predicted molar refractivity (Wildman–Crippen MR) is 109 cm³/mol. The summed E-state index contributed by atoms with van der Waals surface area (Å²) in [6, 6.07) is 10.3. The topological polar surface area (TPSA) is 60.9 Å². The van der Waals surface area contributed by atoms with Gasteiger partial charge in [0.2, 0.25) is 0 Å². The number of benzene rings is 1. The molecule has 0 aliphatic carbocycles. The average Bonchev–Trinajstić information content (AvgIpc) is 3.06. The summed E-state index contributed by atoms with van der Waals surface area (Å²) in [5.74, 6) is -0.199. The van der Waals surface area contributed by atoms with Crippen molar-refractivity contribution < 1.29 is 19.2 Å². The Balaban J connectivity index is 1.69. The molecule has 0 bridgehead atoms. The van der Waals surface area contributed by atoms with Crippen LogP contribution in [0.1, 0.15) is 20.3 Å². The Bertz CT molecular complexity index is 678. The Hall–Kier alpha value is -1.57. The summed E-state index contributed by atoms with van der Waals surface area (Å²) >= 11 is 4.21. The van der Waals surface area contributed by atoms with Gasteiger partial charge in [-0.1, -0.05) is 18.2 Å². The number of thiol groups is 1. The van der Waals surface area contributed by atoms with Crippen LogP contribution in [0, 0.1) is 5.92 Å². The van der Waals surface area contributed by atoms with Gasteiger partial charge in [0.15, 0.2) is 0 Å². The van der Waals surface area contributed by atoms with Gasteiger partial charge in [0, 0.05) is 44.0 Å². The molecule has 1 aromatic rings. The van der Waals surface area contributed by atoms with Gasteiger partial charge in [-0.2, -0.15) is 21.9 Å². The third kappa shape index (κ3) is 3.73. The van der Waals surface area contributed by atoms with Crippen LogP contribution in [-0.4, -0.2) is 77.1 Å². The van der Waals surface area contributed by atoms with E-state index in [0.29, 0.717) is 12.3 Å². The smallest absolute Gasteiger partial charge is 0.435 e. The van der Waals surface area contributed by atoms with Crippen molar-refractivity contribution in [2.24, 2.45) is 5.92 Å². The van der Waals surface area contributed by atoms with Crippen molar-refractivity contribution in [3.8, 4) is 0 Å². The van der Waals surface area contributed by atoms with Gasteiger partial charge >= 0.3 is 12.0 Å². The minimum Gasteiger partial charge on any atom is -0.435 e. The lowest BCUT2D eigenvalue weighted by Crippen LogP contribution is -2.62. The van der Waals surface area contributed by atoms with Crippen molar-refractivity contribution in [3.05, 3.63) is 30.3 Å². The molecule has 0 aromatic heterocycles. The highest BCUT2D eigenvalue weighted by molar-refractivity contribution is 7.80. The number of carboxylic acid groups (broad SMARTS) is 1. The standard InChI is InChI=1S/C20H29N3O3S/c1-15(14-27)19(24)23(20(25)26)13-18(12-16(23)2)22-10-8-21(9-11-22)17-6-4-3-5-7-17/h3-7,15-16,18H,8-14H2,1-2H3,(H-,25,26,27)/p+1/t15?,16-,18+,23+/m1/s1. The monoisotopic (exact) mass is 392 g/mol. The second kappa shape index (κ2) is 8.20. The van der Waals surface area contributed by atoms with E-state index < -0.39 is 10.6 Å². The molecule has 2 saturated heterocycles. The molecule has 0 saturated carbocycles. The van der Waals surface area contributed by atoms with Crippen LogP contribution in [0.3, 0.4) is 0 Å². The molecule has 6 nitrogen and oxygen atoms in total. The van der Waals surface area contributed by atoms with Gasteiger partial charge in [0.25, 0.3) is 0 Å². The zero-order valence-electron chi connectivity index (χ0n) is 16.1. The average molecular weight is 393 g/mol. The van der Waals surface area contributed by atoms with Gasteiger partial charge in [-0.05, 0) is 26.0 Å². The third-order valence-corrected chi connectivity index (χ3v) is 6.79. The number of amides is 2. The van der Waals surface area contributed by atoms with Crippen molar-refractivity contribution in [1.82, 2.24) is 4.90 Å². The number of carbonyl (C=O) groups excluding carboxylic acids is 1. The molecule has 2 aliphatic heterocycles. The highest BCUT2D eigenvalue weighted by Crippen LogP contribution is 2.33. The Morgan fingerprint density at radius 1 is 1.22 bits per heavy atom. The molecule has 1 N–H and O–H groups in total. The van der Waals surface area contributed by atoms with E-state index in [1.54, 1.807) is 6.92 Å². The maximum absolute atomic E-state index is 12.9. The fourth-order valence-electron chi connectivity index (χ4n) is 4.55. The third-order valence-electron chi connectivity index (χ3n) is 6.25. The molecular formula is C20H30N3O3S+. The molecule has 2 heterocycles. The van der Waals surface area contributed by atoms with Gasteiger partial charge < -0.3 is 10.0 Å². The van der Waals surface area contributed by atoms with Crippen LogP contribution >= 0.6 is 12.6 Å². The minimum atomic E-state index is -1.02. The first-order chi connectivity index (χ1) is 12.9. The number of hydrogen-bond donors (Lipinski definition) is 2. The van der Waals surface area contributed by atoms with E-state index >= 15 is 0 Å². The van der Waals surface area contributed by atoms with Crippen LogP contribution in [-0.2, 0) is 4.79 Å². The summed E-state index contributed by atoms with van der Waals surface area (Å²) in [4.78, 5) is 29.8. The molecule has 1 aromatic carbocycles. The summed E-state index contributed by atoms with van der Waals surface area (Å²) < 4.78 is -0.453. The van der Waals surface area contributed by atoms with Crippen molar-refractivity contribution in [2.75, 3.05) is 43.4 Å². The summed E-state index contributed by atoms with van der Waals surface area (Å²) in [6.45, 7) is 7.66. The van der Waals surface area contributed by atoms with Crippen LogP contribution in [0.2, 0.25) is 0 Å². The summed E-state index contributed by atoms with van der Waals surface area (Å²) in [6.07, 6.45) is -0.283. The Kier molecular flexibility index (Phi) is 6.13. The second-order valence-corrected chi connectivity index (χ2v) is 8.22. The van der Waals surface area contributed by atoms with E-state index in [2.05, 4.69) is 34.6 Å². The molecule has 2 aliphatic rings. The van der Waals surface area contributed by atoms with E-state index in [1.807, 2.05) is 25.1 Å². The molecule has 7 heteroatoms. The predicted octanol–water partition coefficient (Wildman–Crippen LogP) is 2.56. The summed E-state index contributed by atoms with van der Waals surface area (Å²) in [7, 11) is 0. The lowest BCUT2D eigenvalue weighted by molar-refractivity contribution is -0.794. The van der Waals surface area contributed by atoms with Crippen molar-refractivity contribution in [3.63, 3.8) is 0 Å². The molecule has 0 spiro atoms. The maximum atomic E-state index is 12.9. The Morgan fingerprint density at radius 2 is 1.85 bits per heavy atom. The van der Waals surface area contributed by atoms with E-state index in [1.165, 1.54) is 5.69 Å². The van der Waals surface area contributed by atoms with E-state index in [-0.39, 0.29) is 23.9 Å². The first-order valence-electron chi connectivity index (χ1n) is 9.70. The van der Waals surface area contributed by atoms with E-state index in [9.17, 15) is 14.7 Å². The van der Waals surface area contributed by atoms with Crippen molar-refractivity contribution in [2.45, 2.75) is 32.4 Å². The number of anilines is 1. The molecule has 2 amide bonds. The van der Waals surface area contributed by atoms with Crippen LogP contribution < -0.4 is 4.90 Å². The van der Waals surface area contributed by atoms with Gasteiger partial charge in [-0.25, -0.2) is 4.79 Å². The molecule has 27 heavy (non-hydrogen) atoms. The number of hydrogen-bond acceptors (Lipinski definition) is 5. The molecule has 3 rings (SSSR count). The van der Waals surface area contributed by atoms with E-state index in [0.717, 1.165) is 32.6 Å². The number of carbonyl (C=O) groups is 2. The van der Waals surface area contributed by atoms with E-state index in [4.69, 9.17) is 0 Å². The minimum absolute atomic E-state index is 0.130. The van der Waals surface area contributed by atoms with Gasteiger partial charge in [-0.3, -0.25) is 4.90 Å². The zero-order valence-corrected chi connectivity index (χ0v) is 17.0. The highest BCUT2D eigenvalue weighted by atomic mass is 32.1. The fourth-order valence-corrected chi connectivity index (χ4v) is 4.70. The molecule has 4 atom stereocenters. The molecule has 2 fully saturated rings. The Labute approximate surface area is 166 Å². The maximum Gasteiger partial charge on any atom is 0.521 e. The molecular weight excluding hydrogens is 362 g/mol. The number of quaternary nitrogens is 1. The number of piperazine rings is 1. The lowest BCUT2D eigenvalue weighted by Gasteiger charge is -2.38. The van der Waals surface area contributed by atoms with Crippen LogP contribution in [0.25, 0.3) is 0 Å². The zero-order chi connectivity index (χ0) is 19.6. The quantitative estimate of drug-likeness (QED) is 0.609. The SMILES string of the molecule is CC(CS)C(=O)[N@+]1(C(=O)O)C[C@@H](N2CCN(c3ccccc3)CC2)C[C@H]1C. The van der Waals surface area contributed by atoms with Gasteiger partial charge in [-0.15, -0.1) is 0 Å². The lowest BCUT2D eigenvalue weighted by atomic mass is 10.1. The normalized spacial score (nSPS) is 30.3. The van der Waals surface area contributed by atoms with Gasteiger partial charge in [0.1, 0.15) is 12.6 Å². The first kappa shape index (κ1) is 20.2. The van der Waals surface area contributed by atoms with Crippen molar-refractivity contribution >= 4 is 30.3 Å². The van der Waals surface area contributed by atoms with Crippen molar-refractivity contribution in [1.29, 1.82) is 0 Å². The van der Waals surface area contributed by atoms with Crippen LogP contribution in [0.5, 0.6) is 0 Å². The molecule has 148 valence electrons. The molecule has 1 unspecified atom stereocenters. The van der Waals surface area contributed by atoms with Crippen LogP contribution in [0.15, 0.2) is 30.3 Å². The van der Waals surface area contributed by atoms with Gasteiger partial charge in [0.05, 0.1) is 12.0 Å². The summed E-state index contributed by atoms with van der Waals surface area (Å²) in [5.41, 5.74) is 1.23. The first-order valence-corrected chi connectivity index (χ1v) is 10.3. The Morgan fingerprint density at radius 3 is 2.41 bits per heavy atom. The molecule has 0 radical (unpaired) electrons.